The Labute approximate surface area is 146 Å². The van der Waals surface area contributed by atoms with Gasteiger partial charge in [-0.25, -0.2) is 0 Å². The number of carbonyl (C=O) groups excluding carboxylic acids is 2. The maximum Gasteiger partial charge on any atom is 0.253 e. The molecule has 3 N–H and O–H groups in total. The van der Waals surface area contributed by atoms with E-state index in [0.29, 0.717) is 29.4 Å². The summed E-state index contributed by atoms with van der Waals surface area (Å²) in [5, 5.41) is 8.92. The highest BCUT2D eigenvalue weighted by Crippen LogP contribution is 2.23. The Balaban J connectivity index is 0.00000264. The zero-order valence-electron chi connectivity index (χ0n) is 12.9. The number of methoxy groups -OCH3 is 1. The van der Waals surface area contributed by atoms with Crippen molar-refractivity contribution in [3.05, 3.63) is 28.8 Å². The molecule has 0 heterocycles. The van der Waals surface area contributed by atoms with Crippen molar-refractivity contribution in [3.63, 3.8) is 0 Å². The summed E-state index contributed by atoms with van der Waals surface area (Å²) in [6.07, 6.45) is 2.01. The Morgan fingerprint density at radius 1 is 1.35 bits per heavy atom. The fourth-order valence-electron chi connectivity index (χ4n) is 1.85. The van der Waals surface area contributed by atoms with E-state index in [2.05, 4.69) is 16.0 Å². The number of benzene rings is 1. The first-order valence-electron chi connectivity index (χ1n) is 7.20. The Bertz CT molecular complexity index is 551. The Morgan fingerprint density at radius 3 is 2.74 bits per heavy atom. The van der Waals surface area contributed by atoms with Gasteiger partial charge in [0.2, 0.25) is 5.91 Å². The van der Waals surface area contributed by atoms with Crippen LogP contribution in [0.15, 0.2) is 18.2 Å². The van der Waals surface area contributed by atoms with Crippen molar-refractivity contribution in [1.82, 2.24) is 10.6 Å². The Kier molecular flexibility index (Phi) is 8.33. The Morgan fingerprint density at radius 2 is 2.09 bits per heavy atom. The molecule has 1 aliphatic rings. The molecule has 1 fully saturated rings. The molecular formula is C15H21Cl2N3O3. The van der Waals surface area contributed by atoms with Crippen LogP contribution in [0.25, 0.3) is 0 Å². The maximum absolute atomic E-state index is 12.1. The van der Waals surface area contributed by atoms with Gasteiger partial charge in [-0.2, -0.15) is 0 Å². The van der Waals surface area contributed by atoms with Gasteiger partial charge in [0.15, 0.2) is 0 Å². The summed E-state index contributed by atoms with van der Waals surface area (Å²) in [7, 11) is 1.60. The molecule has 0 radical (unpaired) electrons. The van der Waals surface area contributed by atoms with E-state index in [-0.39, 0.29) is 36.8 Å². The van der Waals surface area contributed by atoms with Crippen molar-refractivity contribution in [2.45, 2.75) is 18.9 Å². The summed E-state index contributed by atoms with van der Waals surface area (Å²) in [6, 6.07) is 5.13. The van der Waals surface area contributed by atoms with Crippen molar-refractivity contribution in [1.29, 1.82) is 0 Å². The molecule has 6 nitrogen and oxygen atoms in total. The molecule has 1 aromatic rings. The summed E-state index contributed by atoms with van der Waals surface area (Å²) >= 11 is 6.05. The lowest BCUT2D eigenvalue weighted by atomic mass is 10.2. The highest BCUT2D eigenvalue weighted by atomic mass is 35.5. The predicted octanol–water partition coefficient (Wildman–Crippen LogP) is 1.83. The number of hydrogen-bond donors (Lipinski definition) is 3. The highest BCUT2D eigenvalue weighted by molar-refractivity contribution is 6.34. The molecule has 0 aliphatic heterocycles. The number of rotatable bonds is 8. The third-order valence-corrected chi connectivity index (χ3v) is 3.51. The molecule has 0 spiro atoms. The van der Waals surface area contributed by atoms with Gasteiger partial charge in [0.05, 0.1) is 23.7 Å². The minimum atomic E-state index is -0.207. The van der Waals surface area contributed by atoms with Crippen LogP contribution in [0.4, 0.5) is 5.69 Å². The molecule has 0 bridgehead atoms. The average molecular weight is 362 g/mol. The third-order valence-electron chi connectivity index (χ3n) is 3.18. The van der Waals surface area contributed by atoms with Crippen LogP contribution in [0.3, 0.4) is 0 Å². The van der Waals surface area contributed by atoms with E-state index in [1.807, 2.05) is 0 Å². The molecule has 0 aromatic heterocycles. The maximum atomic E-state index is 12.1. The molecule has 0 unspecified atom stereocenters. The lowest BCUT2D eigenvalue weighted by molar-refractivity contribution is -0.115. The molecule has 2 rings (SSSR count). The van der Waals surface area contributed by atoms with Gasteiger partial charge in [0.1, 0.15) is 0 Å². The van der Waals surface area contributed by atoms with Crippen LogP contribution in [0.2, 0.25) is 5.02 Å². The van der Waals surface area contributed by atoms with E-state index in [1.54, 1.807) is 25.3 Å². The summed E-state index contributed by atoms with van der Waals surface area (Å²) in [5.74, 6) is -0.395. The molecule has 2 amide bonds. The van der Waals surface area contributed by atoms with Crippen molar-refractivity contribution in [2.75, 3.05) is 32.1 Å². The van der Waals surface area contributed by atoms with Crippen molar-refractivity contribution < 1.29 is 14.3 Å². The van der Waals surface area contributed by atoms with Gasteiger partial charge in [0.25, 0.3) is 5.91 Å². The molecule has 0 saturated heterocycles. The number of carbonyl (C=O) groups is 2. The molecule has 8 heteroatoms. The van der Waals surface area contributed by atoms with Crippen LogP contribution in [-0.2, 0) is 9.53 Å². The normalized spacial score (nSPS) is 13.1. The van der Waals surface area contributed by atoms with Crippen LogP contribution in [0.1, 0.15) is 23.2 Å². The van der Waals surface area contributed by atoms with Gasteiger partial charge < -0.3 is 20.7 Å². The standard InChI is InChI=1S/C15H20ClN3O3.ClH/c1-22-7-6-17-9-14(20)18-11-4-5-13(16)12(8-11)15(21)19-10-2-3-10;/h4-5,8,10,17H,2-3,6-7,9H2,1H3,(H,18,20)(H,19,21);1H. The lowest BCUT2D eigenvalue weighted by Gasteiger charge is -2.10. The van der Waals surface area contributed by atoms with Crippen molar-refractivity contribution in [2.24, 2.45) is 0 Å². The largest absolute Gasteiger partial charge is 0.383 e. The number of anilines is 1. The van der Waals surface area contributed by atoms with E-state index in [9.17, 15) is 9.59 Å². The SMILES string of the molecule is COCCNCC(=O)Nc1ccc(Cl)c(C(=O)NC2CC2)c1.Cl. The molecule has 1 aromatic carbocycles. The van der Waals surface area contributed by atoms with E-state index in [1.165, 1.54) is 0 Å². The monoisotopic (exact) mass is 361 g/mol. The van der Waals surface area contributed by atoms with E-state index in [0.717, 1.165) is 12.8 Å². The number of ether oxygens (including phenoxy) is 1. The van der Waals surface area contributed by atoms with Crippen LogP contribution < -0.4 is 16.0 Å². The van der Waals surface area contributed by atoms with Crippen LogP contribution in [0, 0.1) is 0 Å². The Hall–Kier alpha value is -1.34. The summed E-state index contributed by atoms with van der Waals surface area (Å²) in [5.41, 5.74) is 0.919. The minimum Gasteiger partial charge on any atom is -0.383 e. The van der Waals surface area contributed by atoms with Gasteiger partial charge in [0, 0.05) is 25.4 Å². The van der Waals surface area contributed by atoms with Crippen molar-refractivity contribution in [3.8, 4) is 0 Å². The van der Waals surface area contributed by atoms with Crippen molar-refractivity contribution >= 4 is 41.5 Å². The first-order valence-corrected chi connectivity index (χ1v) is 7.58. The van der Waals surface area contributed by atoms with Gasteiger partial charge in [-0.1, -0.05) is 11.6 Å². The number of hydrogen-bond acceptors (Lipinski definition) is 4. The lowest BCUT2D eigenvalue weighted by Crippen LogP contribution is -2.30. The first-order chi connectivity index (χ1) is 10.6. The second-order valence-electron chi connectivity index (χ2n) is 5.16. The zero-order chi connectivity index (χ0) is 15.9. The van der Waals surface area contributed by atoms with E-state index in [4.69, 9.17) is 16.3 Å². The van der Waals surface area contributed by atoms with Gasteiger partial charge in [-0.15, -0.1) is 12.4 Å². The second kappa shape index (κ2) is 9.72. The molecule has 1 saturated carbocycles. The predicted molar refractivity (Wildman–Crippen MR) is 92.6 cm³/mol. The molecule has 128 valence electrons. The smallest absolute Gasteiger partial charge is 0.253 e. The molecule has 1 aliphatic carbocycles. The fraction of sp³-hybridized carbons (Fsp3) is 0.467. The number of halogens is 2. The first kappa shape index (κ1) is 19.7. The van der Waals surface area contributed by atoms with Crippen LogP contribution in [-0.4, -0.2) is 44.7 Å². The zero-order valence-corrected chi connectivity index (χ0v) is 14.4. The molecular weight excluding hydrogens is 341 g/mol. The van der Waals surface area contributed by atoms with E-state index >= 15 is 0 Å². The fourth-order valence-corrected chi connectivity index (χ4v) is 2.05. The van der Waals surface area contributed by atoms with Gasteiger partial charge in [-0.05, 0) is 31.0 Å². The third kappa shape index (κ3) is 6.74. The van der Waals surface area contributed by atoms with Crippen LogP contribution >= 0.6 is 24.0 Å². The summed E-state index contributed by atoms with van der Waals surface area (Å²) < 4.78 is 4.88. The minimum absolute atomic E-state index is 0. The topological polar surface area (TPSA) is 79.5 Å². The molecule has 0 atom stereocenters. The number of nitrogens with one attached hydrogen (secondary N) is 3. The number of amides is 2. The second-order valence-corrected chi connectivity index (χ2v) is 5.57. The highest BCUT2D eigenvalue weighted by Gasteiger charge is 2.24. The average Bonchev–Trinajstić information content (AvgIpc) is 3.29. The molecule has 23 heavy (non-hydrogen) atoms. The van der Waals surface area contributed by atoms with Gasteiger partial charge >= 0.3 is 0 Å². The summed E-state index contributed by atoms with van der Waals surface area (Å²) in [6.45, 7) is 1.31. The van der Waals surface area contributed by atoms with Gasteiger partial charge in [-0.3, -0.25) is 9.59 Å². The van der Waals surface area contributed by atoms with E-state index < -0.39 is 0 Å². The van der Waals surface area contributed by atoms with Crippen LogP contribution in [0.5, 0.6) is 0 Å². The summed E-state index contributed by atoms with van der Waals surface area (Å²) in [4.78, 5) is 23.8. The quantitative estimate of drug-likeness (QED) is 0.617.